The summed E-state index contributed by atoms with van der Waals surface area (Å²) in [5.74, 6) is 0.997. The Kier molecular flexibility index (Phi) is 5.74. The molecule has 3 N–H and O–H groups in total. The number of nitrogens with one attached hydrogen (secondary N) is 3. The normalized spacial score (nSPS) is 16.8. The van der Waals surface area contributed by atoms with Crippen LogP contribution >= 0.6 is 0 Å². The Balaban J connectivity index is 1.42. The Morgan fingerprint density at radius 1 is 1.42 bits per heavy atom. The zero-order valence-electron chi connectivity index (χ0n) is 14.1. The molecule has 0 saturated carbocycles. The molecule has 2 aromatic heterocycles. The molecule has 1 aliphatic rings. The molecule has 1 aliphatic heterocycles. The van der Waals surface area contributed by atoms with E-state index in [-0.39, 0.29) is 23.2 Å². The Morgan fingerprint density at radius 3 is 3.00 bits per heavy atom. The summed E-state index contributed by atoms with van der Waals surface area (Å²) in [7, 11) is 0. The first-order valence-corrected chi connectivity index (χ1v) is 8.42. The zero-order chi connectivity index (χ0) is 18.4. The van der Waals surface area contributed by atoms with Gasteiger partial charge in [0.25, 0.3) is 11.6 Å². The van der Waals surface area contributed by atoms with Gasteiger partial charge >= 0.3 is 0 Å². The van der Waals surface area contributed by atoms with E-state index in [4.69, 9.17) is 4.42 Å². The zero-order valence-corrected chi connectivity index (χ0v) is 14.1. The van der Waals surface area contributed by atoms with Gasteiger partial charge in [-0.1, -0.05) is 0 Å². The van der Waals surface area contributed by atoms with Gasteiger partial charge < -0.3 is 20.4 Å². The fraction of sp³-hybridized carbons (Fsp3) is 0.438. The number of piperidine rings is 1. The maximum Gasteiger partial charge on any atom is 0.287 e. The minimum absolute atomic E-state index is 0.0705. The van der Waals surface area contributed by atoms with Crippen LogP contribution < -0.4 is 16.0 Å². The van der Waals surface area contributed by atoms with E-state index in [2.05, 4.69) is 25.9 Å². The SMILES string of the molecule is O=C(NCCNc1ccc([N+](=O)[O-])cn1)c1coc(C2CCCNC2)n1. The second kappa shape index (κ2) is 8.39. The van der Waals surface area contributed by atoms with Crippen molar-refractivity contribution in [1.82, 2.24) is 20.6 Å². The summed E-state index contributed by atoms with van der Waals surface area (Å²) < 4.78 is 5.44. The number of hydrogen-bond donors (Lipinski definition) is 3. The third-order valence-electron chi connectivity index (χ3n) is 4.08. The van der Waals surface area contributed by atoms with E-state index in [0.29, 0.717) is 24.8 Å². The maximum atomic E-state index is 12.1. The van der Waals surface area contributed by atoms with Gasteiger partial charge in [0.05, 0.1) is 4.92 Å². The van der Waals surface area contributed by atoms with Gasteiger partial charge in [-0.25, -0.2) is 9.97 Å². The highest BCUT2D eigenvalue weighted by Gasteiger charge is 2.21. The average molecular weight is 360 g/mol. The van der Waals surface area contributed by atoms with Crippen LogP contribution in [0.5, 0.6) is 0 Å². The summed E-state index contributed by atoms with van der Waals surface area (Å²) in [6, 6.07) is 2.88. The molecule has 138 valence electrons. The van der Waals surface area contributed by atoms with Gasteiger partial charge in [-0.15, -0.1) is 0 Å². The third-order valence-corrected chi connectivity index (χ3v) is 4.08. The molecule has 26 heavy (non-hydrogen) atoms. The van der Waals surface area contributed by atoms with E-state index >= 15 is 0 Å². The molecule has 2 aromatic rings. The molecule has 10 heteroatoms. The molecule has 1 saturated heterocycles. The Bertz CT molecular complexity index is 754. The van der Waals surface area contributed by atoms with Crippen molar-refractivity contribution in [1.29, 1.82) is 0 Å². The van der Waals surface area contributed by atoms with E-state index < -0.39 is 4.92 Å². The number of carbonyl (C=O) groups is 1. The summed E-state index contributed by atoms with van der Waals surface area (Å²) in [5, 5.41) is 19.6. The number of nitrogens with zero attached hydrogens (tertiary/aromatic N) is 3. The molecule has 3 rings (SSSR count). The number of hydrogen-bond acceptors (Lipinski definition) is 8. The van der Waals surface area contributed by atoms with Gasteiger partial charge in [0.1, 0.15) is 18.3 Å². The van der Waals surface area contributed by atoms with Crippen LogP contribution in [-0.4, -0.2) is 47.0 Å². The van der Waals surface area contributed by atoms with Crippen LogP contribution in [0.1, 0.15) is 35.1 Å². The van der Waals surface area contributed by atoms with Gasteiger partial charge in [0, 0.05) is 31.6 Å². The molecule has 1 atom stereocenters. The van der Waals surface area contributed by atoms with Crippen molar-refractivity contribution >= 4 is 17.4 Å². The van der Waals surface area contributed by atoms with Gasteiger partial charge in [0.2, 0.25) is 0 Å². The van der Waals surface area contributed by atoms with Crippen molar-refractivity contribution < 1.29 is 14.1 Å². The van der Waals surface area contributed by atoms with E-state index in [1.54, 1.807) is 0 Å². The summed E-state index contributed by atoms with van der Waals surface area (Å²) >= 11 is 0. The quantitative estimate of drug-likeness (QED) is 0.382. The van der Waals surface area contributed by atoms with E-state index in [9.17, 15) is 14.9 Å². The summed E-state index contributed by atoms with van der Waals surface area (Å²) in [4.78, 5) is 30.4. The lowest BCUT2D eigenvalue weighted by Gasteiger charge is -2.19. The van der Waals surface area contributed by atoms with Crippen molar-refractivity contribution in [3.05, 3.63) is 46.3 Å². The minimum Gasteiger partial charge on any atom is -0.448 e. The average Bonchev–Trinajstić information content (AvgIpc) is 3.16. The largest absolute Gasteiger partial charge is 0.448 e. The van der Waals surface area contributed by atoms with Gasteiger partial charge in [0.15, 0.2) is 11.6 Å². The highest BCUT2D eigenvalue weighted by molar-refractivity contribution is 5.91. The molecular weight excluding hydrogens is 340 g/mol. The lowest BCUT2D eigenvalue weighted by atomic mass is 10.00. The maximum absolute atomic E-state index is 12.1. The van der Waals surface area contributed by atoms with Gasteiger partial charge in [-0.05, 0) is 25.5 Å². The van der Waals surface area contributed by atoms with E-state index in [1.165, 1.54) is 24.6 Å². The van der Waals surface area contributed by atoms with Crippen molar-refractivity contribution in [2.75, 3.05) is 31.5 Å². The molecule has 1 fully saturated rings. The fourth-order valence-electron chi connectivity index (χ4n) is 2.70. The predicted octanol–water partition coefficient (Wildman–Crippen LogP) is 1.29. The van der Waals surface area contributed by atoms with Crippen LogP contribution in [-0.2, 0) is 0 Å². The van der Waals surface area contributed by atoms with Crippen LogP contribution in [0.2, 0.25) is 0 Å². The lowest BCUT2D eigenvalue weighted by Crippen LogP contribution is -2.30. The fourth-order valence-corrected chi connectivity index (χ4v) is 2.70. The second-order valence-corrected chi connectivity index (χ2v) is 5.96. The number of aromatic nitrogens is 2. The Hall–Kier alpha value is -3.01. The number of anilines is 1. The minimum atomic E-state index is -0.507. The van der Waals surface area contributed by atoms with Gasteiger partial charge in [-0.2, -0.15) is 0 Å². The molecule has 10 nitrogen and oxygen atoms in total. The first kappa shape index (κ1) is 17.8. The summed E-state index contributed by atoms with van der Waals surface area (Å²) in [6.45, 7) is 2.59. The van der Waals surface area contributed by atoms with Crippen LogP contribution in [0.4, 0.5) is 11.5 Å². The summed E-state index contributed by atoms with van der Waals surface area (Å²) in [6.07, 6.45) is 4.63. The predicted molar refractivity (Wildman–Crippen MR) is 93.1 cm³/mol. The highest BCUT2D eigenvalue weighted by atomic mass is 16.6. The standard InChI is InChI=1S/C16H20N6O4/c23-15(13-10-26-16(21-13)11-2-1-5-17-8-11)19-7-6-18-14-4-3-12(9-20-14)22(24)25/h3-4,9-11,17H,1-2,5-8H2,(H,18,20)(H,19,23). The van der Waals surface area contributed by atoms with Crippen molar-refractivity contribution in [2.45, 2.75) is 18.8 Å². The Labute approximate surface area is 149 Å². The lowest BCUT2D eigenvalue weighted by molar-refractivity contribution is -0.385. The molecule has 0 bridgehead atoms. The molecule has 0 spiro atoms. The monoisotopic (exact) mass is 360 g/mol. The van der Waals surface area contributed by atoms with Crippen molar-refractivity contribution in [3.8, 4) is 0 Å². The van der Waals surface area contributed by atoms with Crippen LogP contribution in [0, 0.1) is 10.1 Å². The van der Waals surface area contributed by atoms with Crippen molar-refractivity contribution in [2.24, 2.45) is 0 Å². The number of rotatable bonds is 7. The second-order valence-electron chi connectivity index (χ2n) is 5.96. The molecule has 1 amide bonds. The highest BCUT2D eigenvalue weighted by Crippen LogP contribution is 2.22. The molecule has 0 radical (unpaired) electrons. The molecule has 0 aliphatic carbocycles. The molecule has 0 aromatic carbocycles. The smallest absolute Gasteiger partial charge is 0.287 e. The van der Waals surface area contributed by atoms with Gasteiger partial charge in [-0.3, -0.25) is 14.9 Å². The van der Waals surface area contributed by atoms with E-state index in [0.717, 1.165) is 25.9 Å². The van der Waals surface area contributed by atoms with E-state index in [1.807, 2.05) is 0 Å². The number of carbonyl (C=O) groups excluding carboxylic acids is 1. The number of pyridine rings is 1. The molecular formula is C16H20N6O4. The number of amides is 1. The van der Waals surface area contributed by atoms with Crippen molar-refractivity contribution in [3.63, 3.8) is 0 Å². The first-order valence-electron chi connectivity index (χ1n) is 8.42. The van der Waals surface area contributed by atoms with Crippen LogP contribution in [0.3, 0.4) is 0 Å². The first-order chi connectivity index (χ1) is 12.6. The molecule has 1 unspecified atom stereocenters. The molecule has 3 heterocycles. The van der Waals surface area contributed by atoms with Crippen LogP contribution in [0.25, 0.3) is 0 Å². The number of oxazole rings is 1. The topological polar surface area (TPSA) is 135 Å². The summed E-state index contributed by atoms with van der Waals surface area (Å²) in [5.41, 5.74) is 0.192. The number of nitro groups is 1. The van der Waals surface area contributed by atoms with Crippen LogP contribution in [0.15, 0.2) is 29.0 Å². The Morgan fingerprint density at radius 2 is 2.31 bits per heavy atom. The third kappa shape index (κ3) is 4.54.